The average molecular weight is 337 g/mol. The Bertz CT molecular complexity index is 925. The number of nitrogens with two attached hydrogens (primary N) is 1. The highest BCUT2D eigenvalue weighted by molar-refractivity contribution is 6.07. The van der Waals surface area contributed by atoms with Crippen LogP contribution >= 0.6 is 0 Å². The number of para-hydroxylation sites is 1. The van der Waals surface area contributed by atoms with E-state index in [0.29, 0.717) is 13.1 Å². The molecule has 6 nitrogen and oxygen atoms in total. The van der Waals surface area contributed by atoms with Crippen LogP contribution < -0.4 is 5.73 Å². The second kappa shape index (κ2) is 6.04. The molecule has 0 spiro atoms. The molecule has 1 saturated heterocycles. The van der Waals surface area contributed by atoms with Crippen molar-refractivity contribution in [3.8, 4) is 0 Å². The van der Waals surface area contributed by atoms with Gasteiger partial charge >= 0.3 is 0 Å². The molecule has 2 N–H and O–H groups in total. The number of amides is 1. The molecule has 1 fully saturated rings. The van der Waals surface area contributed by atoms with Gasteiger partial charge in [0.15, 0.2) is 0 Å². The van der Waals surface area contributed by atoms with E-state index in [0.717, 1.165) is 28.7 Å². The molecule has 0 aliphatic carbocycles. The third kappa shape index (κ3) is 2.53. The molecule has 0 bridgehead atoms. The number of imidazole rings is 1. The Labute approximate surface area is 146 Å². The lowest BCUT2D eigenvalue weighted by Crippen LogP contribution is -2.32. The van der Waals surface area contributed by atoms with Crippen LogP contribution in [0.1, 0.15) is 28.9 Å². The Balaban J connectivity index is 1.65. The lowest BCUT2D eigenvalue weighted by atomic mass is 10.0. The van der Waals surface area contributed by atoms with E-state index >= 15 is 0 Å². The maximum absolute atomic E-state index is 13.2. The normalized spacial score (nSPS) is 20.5. The second-order valence-electron chi connectivity index (χ2n) is 6.76. The Morgan fingerprint density at radius 3 is 2.84 bits per heavy atom. The van der Waals surface area contributed by atoms with Gasteiger partial charge < -0.3 is 19.8 Å². The van der Waals surface area contributed by atoms with Gasteiger partial charge in [-0.2, -0.15) is 0 Å². The van der Waals surface area contributed by atoms with Crippen LogP contribution in [0.25, 0.3) is 10.9 Å². The van der Waals surface area contributed by atoms with Gasteiger partial charge in [0.25, 0.3) is 5.91 Å². The SMILES string of the molecule is CCn1cc(C(=O)N2C[C@@H](N)[C@H](c3cncn3C)C2)c2ccccc21. The Morgan fingerprint density at radius 1 is 1.32 bits per heavy atom. The fourth-order valence-corrected chi connectivity index (χ4v) is 3.88. The molecule has 3 aromatic rings. The summed E-state index contributed by atoms with van der Waals surface area (Å²) in [4.78, 5) is 19.2. The number of carbonyl (C=O) groups is 1. The van der Waals surface area contributed by atoms with Crippen LogP contribution in [-0.2, 0) is 13.6 Å². The number of carbonyl (C=O) groups excluding carboxylic acids is 1. The van der Waals surface area contributed by atoms with Crippen molar-refractivity contribution in [1.29, 1.82) is 0 Å². The van der Waals surface area contributed by atoms with Crippen molar-refractivity contribution >= 4 is 16.8 Å². The maximum atomic E-state index is 13.2. The first-order chi connectivity index (χ1) is 12.1. The number of benzene rings is 1. The molecule has 25 heavy (non-hydrogen) atoms. The summed E-state index contributed by atoms with van der Waals surface area (Å²) in [7, 11) is 1.97. The smallest absolute Gasteiger partial charge is 0.256 e. The summed E-state index contributed by atoms with van der Waals surface area (Å²) in [5.41, 5.74) is 9.29. The number of fused-ring (bicyclic) bond motifs is 1. The van der Waals surface area contributed by atoms with Gasteiger partial charge in [-0.25, -0.2) is 4.98 Å². The fourth-order valence-electron chi connectivity index (χ4n) is 3.88. The predicted molar refractivity (Wildman–Crippen MR) is 97.4 cm³/mol. The molecular weight excluding hydrogens is 314 g/mol. The molecular formula is C19H23N5O. The van der Waals surface area contributed by atoms with E-state index in [1.165, 1.54) is 0 Å². The van der Waals surface area contributed by atoms with E-state index in [2.05, 4.69) is 22.5 Å². The number of nitrogens with zero attached hydrogens (tertiary/aromatic N) is 4. The van der Waals surface area contributed by atoms with Crippen LogP contribution in [0.4, 0.5) is 0 Å². The van der Waals surface area contributed by atoms with Crippen molar-refractivity contribution in [1.82, 2.24) is 19.0 Å². The summed E-state index contributed by atoms with van der Waals surface area (Å²) in [6, 6.07) is 7.99. The van der Waals surface area contributed by atoms with Crippen LogP contribution in [0, 0.1) is 0 Å². The van der Waals surface area contributed by atoms with Crippen molar-refractivity contribution < 1.29 is 4.79 Å². The summed E-state index contributed by atoms with van der Waals surface area (Å²) in [6.07, 6.45) is 5.60. The van der Waals surface area contributed by atoms with Gasteiger partial charge in [-0.3, -0.25) is 4.79 Å². The summed E-state index contributed by atoms with van der Waals surface area (Å²) >= 11 is 0. The second-order valence-corrected chi connectivity index (χ2v) is 6.76. The summed E-state index contributed by atoms with van der Waals surface area (Å²) in [5, 5.41) is 1.01. The predicted octanol–water partition coefficient (Wildman–Crippen LogP) is 1.96. The van der Waals surface area contributed by atoms with E-state index in [-0.39, 0.29) is 17.9 Å². The number of likely N-dealkylation sites (tertiary alicyclic amines) is 1. The Kier molecular flexibility index (Phi) is 3.84. The summed E-state index contributed by atoms with van der Waals surface area (Å²) < 4.78 is 4.11. The van der Waals surface area contributed by atoms with E-state index in [9.17, 15) is 4.79 Å². The number of aryl methyl sites for hydroxylation is 2. The zero-order chi connectivity index (χ0) is 17.6. The van der Waals surface area contributed by atoms with Crippen LogP contribution in [-0.4, -0.2) is 44.1 Å². The lowest BCUT2D eigenvalue weighted by Gasteiger charge is -2.16. The average Bonchev–Trinajstić information content (AvgIpc) is 3.30. The van der Waals surface area contributed by atoms with Gasteiger partial charge in [0.1, 0.15) is 0 Å². The highest BCUT2D eigenvalue weighted by Gasteiger charge is 2.36. The van der Waals surface area contributed by atoms with Gasteiger partial charge in [-0.1, -0.05) is 18.2 Å². The third-order valence-corrected chi connectivity index (χ3v) is 5.25. The molecule has 0 radical (unpaired) electrons. The van der Waals surface area contributed by atoms with E-state index < -0.39 is 0 Å². The van der Waals surface area contributed by atoms with Gasteiger partial charge in [0.2, 0.25) is 0 Å². The van der Waals surface area contributed by atoms with E-state index in [1.54, 1.807) is 6.33 Å². The minimum Gasteiger partial charge on any atom is -0.347 e. The molecule has 1 aliphatic rings. The van der Waals surface area contributed by atoms with Gasteiger partial charge in [0.05, 0.1) is 11.9 Å². The molecule has 1 aromatic carbocycles. The number of hydrogen-bond donors (Lipinski definition) is 1. The first-order valence-electron chi connectivity index (χ1n) is 8.69. The minimum atomic E-state index is -0.0705. The molecule has 3 heterocycles. The van der Waals surface area contributed by atoms with Crippen LogP contribution in [0.15, 0.2) is 43.0 Å². The standard InChI is InChI=1S/C19H23N5O/c1-3-23-9-14(13-6-4-5-7-17(13)23)19(25)24-10-15(16(20)11-24)18-8-21-12-22(18)2/h4-9,12,15-16H,3,10-11,20H2,1-2H3/t15-,16-/m1/s1. The lowest BCUT2D eigenvalue weighted by molar-refractivity contribution is 0.0790. The topological polar surface area (TPSA) is 69.1 Å². The summed E-state index contributed by atoms with van der Waals surface area (Å²) in [5.74, 6) is 0.180. The van der Waals surface area contributed by atoms with Gasteiger partial charge in [0, 0.05) is 67.6 Å². The van der Waals surface area contributed by atoms with Gasteiger partial charge in [-0.05, 0) is 13.0 Å². The molecule has 2 aromatic heterocycles. The van der Waals surface area contributed by atoms with Crippen molar-refractivity contribution in [2.75, 3.05) is 13.1 Å². The Morgan fingerprint density at radius 2 is 2.12 bits per heavy atom. The number of rotatable bonds is 3. The molecule has 2 atom stereocenters. The molecule has 6 heteroatoms. The third-order valence-electron chi connectivity index (χ3n) is 5.25. The monoisotopic (exact) mass is 337 g/mol. The highest BCUT2D eigenvalue weighted by atomic mass is 16.2. The Hall–Kier alpha value is -2.60. The first-order valence-corrected chi connectivity index (χ1v) is 8.69. The molecule has 0 unspecified atom stereocenters. The van der Waals surface area contributed by atoms with E-state index in [1.807, 2.05) is 47.1 Å². The summed E-state index contributed by atoms with van der Waals surface area (Å²) in [6.45, 7) is 4.13. The van der Waals surface area contributed by atoms with Gasteiger partial charge in [-0.15, -0.1) is 0 Å². The maximum Gasteiger partial charge on any atom is 0.256 e. The molecule has 1 aliphatic heterocycles. The zero-order valence-electron chi connectivity index (χ0n) is 14.6. The van der Waals surface area contributed by atoms with Crippen molar-refractivity contribution in [3.05, 3.63) is 54.2 Å². The molecule has 1 amide bonds. The number of hydrogen-bond acceptors (Lipinski definition) is 3. The minimum absolute atomic E-state index is 0.0588. The largest absolute Gasteiger partial charge is 0.347 e. The van der Waals surface area contributed by atoms with Crippen LogP contribution in [0.3, 0.4) is 0 Å². The van der Waals surface area contributed by atoms with Crippen molar-refractivity contribution in [2.45, 2.75) is 25.4 Å². The molecule has 0 saturated carbocycles. The van der Waals surface area contributed by atoms with Crippen molar-refractivity contribution in [3.63, 3.8) is 0 Å². The van der Waals surface area contributed by atoms with E-state index in [4.69, 9.17) is 5.73 Å². The molecule has 130 valence electrons. The number of aromatic nitrogens is 3. The highest BCUT2D eigenvalue weighted by Crippen LogP contribution is 2.29. The zero-order valence-corrected chi connectivity index (χ0v) is 14.6. The first kappa shape index (κ1) is 15.9. The van der Waals surface area contributed by atoms with Crippen LogP contribution in [0.2, 0.25) is 0 Å². The van der Waals surface area contributed by atoms with Crippen LogP contribution in [0.5, 0.6) is 0 Å². The van der Waals surface area contributed by atoms with Crippen molar-refractivity contribution in [2.24, 2.45) is 12.8 Å². The quantitative estimate of drug-likeness (QED) is 0.794. The molecule has 4 rings (SSSR count). The fraction of sp³-hybridized carbons (Fsp3) is 0.368.